The van der Waals surface area contributed by atoms with Crippen LogP contribution in [0.1, 0.15) is 52.0 Å². The third-order valence-corrected chi connectivity index (χ3v) is 5.41. The van der Waals surface area contributed by atoms with Gasteiger partial charge in [-0.15, -0.1) is 0 Å². The van der Waals surface area contributed by atoms with Crippen LogP contribution in [0.3, 0.4) is 0 Å². The monoisotopic (exact) mass is 334 g/mol. The number of aliphatic hydroxyl groups excluding tert-OH is 1. The quantitative estimate of drug-likeness (QED) is 0.820. The lowest BCUT2D eigenvalue weighted by Crippen LogP contribution is -2.55. The average molecular weight is 334 g/mol. The fourth-order valence-electron chi connectivity index (χ4n) is 3.72. The lowest BCUT2D eigenvalue weighted by molar-refractivity contribution is -0.199. The molecule has 6 heteroatoms. The highest BCUT2D eigenvalue weighted by atomic mass is 16.5. The van der Waals surface area contributed by atoms with E-state index in [-0.39, 0.29) is 23.2 Å². The Labute approximate surface area is 144 Å². The van der Waals surface area contributed by atoms with Gasteiger partial charge in [0.15, 0.2) is 0 Å². The van der Waals surface area contributed by atoms with Crippen molar-refractivity contribution in [3.05, 3.63) is 11.8 Å². The van der Waals surface area contributed by atoms with Gasteiger partial charge in [0.25, 0.3) is 0 Å². The maximum absolute atomic E-state index is 10.4. The molecule has 2 atom stereocenters. The molecule has 3 heterocycles. The van der Waals surface area contributed by atoms with Gasteiger partial charge >= 0.3 is 0 Å². The second-order valence-corrected chi connectivity index (χ2v) is 8.47. The van der Waals surface area contributed by atoms with Crippen LogP contribution >= 0.6 is 0 Å². The van der Waals surface area contributed by atoms with E-state index in [0.29, 0.717) is 11.8 Å². The van der Waals surface area contributed by atoms with Crippen molar-refractivity contribution in [2.24, 2.45) is 5.41 Å². The Morgan fingerprint density at radius 3 is 2.58 bits per heavy atom. The summed E-state index contributed by atoms with van der Waals surface area (Å²) in [5.74, 6) is 1.23. The molecule has 24 heavy (non-hydrogen) atoms. The van der Waals surface area contributed by atoms with Gasteiger partial charge in [0.2, 0.25) is 5.95 Å². The molecule has 0 aliphatic carbocycles. The van der Waals surface area contributed by atoms with Crippen molar-refractivity contribution < 1.29 is 9.84 Å². The summed E-state index contributed by atoms with van der Waals surface area (Å²) in [6.45, 7) is 10.1. The molecule has 0 saturated carbocycles. The Balaban J connectivity index is 1.70. The fraction of sp³-hybridized carbons (Fsp3) is 0.778. The number of nitrogens with zero attached hydrogens (tertiary/aromatic N) is 3. The first kappa shape index (κ1) is 17.4. The summed E-state index contributed by atoms with van der Waals surface area (Å²) in [6.07, 6.45) is 4.82. The molecule has 2 saturated heterocycles. The number of piperidine rings is 1. The SMILES string of the molecule is Cc1cnc(N2CCC3(CC2)C[C@H](O)C[C@H](C(C)(C)C)O3)nc1N. The largest absolute Gasteiger partial charge is 0.393 e. The summed E-state index contributed by atoms with van der Waals surface area (Å²) >= 11 is 0. The number of anilines is 2. The average Bonchev–Trinajstić information content (AvgIpc) is 2.49. The number of aromatic nitrogens is 2. The van der Waals surface area contributed by atoms with Gasteiger partial charge < -0.3 is 20.5 Å². The van der Waals surface area contributed by atoms with Crippen LogP contribution in [-0.4, -0.2) is 46.0 Å². The molecule has 1 spiro atoms. The summed E-state index contributed by atoms with van der Waals surface area (Å²) < 4.78 is 6.52. The Morgan fingerprint density at radius 1 is 1.33 bits per heavy atom. The summed E-state index contributed by atoms with van der Waals surface area (Å²) in [5.41, 5.74) is 6.64. The molecule has 1 aromatic rings. The number of ether oxygens (including phenoxy) is 1. The zero-order chi connectivity index (χ0) is 17.5. The zero-order valence-corrected chi connectivity index (χ0v) is 15.2. The van der Waals surface area contributed by atoms with E-state index in [1.807, 2.05) is 6.92 Å². The van der Waals surface area contributed by atoms with Crippen LogP contribution in [0.2, 0.25) is 0 Å². The first-order chi connectivity index (χ1) is 11.2. The number of hydrogen-bond donors (Lipinski definition) is 2. The molecule has 3 rings (SSSR count). The Morgan fingerprint density at radius 2 is 2.00 bits per heavy atom. The van der Waals surface area contributed by atoms with Gasteiger partial charge in [-0.25, -0.2) is 4.98 Å². The van der Waals surface area contributed by atoms with Gasteiger partial charge in [0.05, 0.1) is 17.8 Å². The van der Waals surface area contributed by atoms with Crippen LogP contribution in [-0.2, 0) is 4.74 Å². The minimum atomic E-state index is -0.277. The Bertz CT molecular complexity index is 591. The van der Waals surface area contributed by atoms with Gasteiger partial charge in [0.1, 0.15) is 5.82 Å². The van der Waals surface area contributed by atoms with E-state index in [9.17, 15) is 5.11 Å². The number of nitrogens with two attached hydrogens (primary N) is 1. The number of hydrogen-bond acceptors (Lipinski definition) is 6. The van der Waals surface area contributed by atoms with E-state index in [1.165, 1.54) is 0 Å². The van der Waals surface area contributed by atoms with Gasteiger partial charge in [-0.1, -0.05) is 20.8 Å². The highest BCUT2D eigenvalue weighted by Gasteiger charge is 2.46. The van der Waals surface area contributed by atoms with E-state index < -0.39 is 0 Å². The normalized spacial score (nSPS) is 27.5. The number of aryl methyl sites for hydroxylation is 1. The maximum Gasteiger partial charge on any atom is 0.227 e. The lowest BCUT2D eigenvalue weighted by Gasteiger charge is -2.50. The molecular weight excluding hydrogens is 304 g/mol. The minimum Gasteiger partial charge on any atom is -0.393 e. The second-order valence-electron chi connectivity index (χ2n) is 8.47. The molecule has 134 valence electrons. The molecule has 1 aromatic heterocycles. The van der Waals surface area contributed by atoms with Crippen LogP contribution in [0.15, 0.2) is 6.20 Å². The van der Waals surface area contributed by atoms with Gasteiger partial charge in [-0.2, -0.15) is 4.98 Å². The van der Waals surface area contributed by atoms with Crippen LogP contribution in [0.25, 0.3) is 0 Å². The fourth-order valence-corrected chi connectivity index (χ4v) is 3.72. The highest BCUT2D eigenvalue weighted by molar-refractivity contribution is 5.43. The van der Waals surface area contributed by atoms with Crippen molar-refractivity contribution in [3.8, 4) is 0 Å². The van der Waals surface area contributed by atoms with Crippen molar-refractivity contribution in [2.45, 2.75) is 71.2 Å². The Hall–Kier alpha value is -1.40. The van der Waals surface area contributed by atoms with Gasteiger partial charge in [-0.05, 0) is 25.2 Å². The molecule has 6 nitrogen and oxygen atoms in total. The lowest BCUT2D eigenvalue weighted by atomic mass is 9.76. The topological polar surface area (TPSA) is 84.5 Å². The molecule has 0 unspecified atom stereocenters. The van der Waals surface area contributed by atoms with Gasteiger partial charge in [0, 0.05) is 37.7 Å². The van der Waals surface area contributed by atoms with Crippen LogP contribution < -0.4 is 10.6 Å². The molecule has 0 bridgehead atoms. The number of rotatable bonds is 1. The highest BCUT2D eigenvalue weighted by Crippen LogP contribution is 2.42. The molecular formula is C18H30N4O2. The summed E-state index contributed by atoms with van der Waals surface area (Å²) in [5, 5.41) is 10.4. The summed E-state index contributed by atoms with van der Waals surface area (Å²) in [4.78, 5) is 11.0. The van der Waals surface area contributed by atoms with Crippen LogP contribution in [0.4, 0.5) is 11.8 Å². The molecule has 2 aliphatic heterocycles. The third kappa shape index (κ3) is 3.49. The van der Waals surface area contributed by atoms with Crippen molar-refractivity contribution in [1.29, 1.82) is 0 Å². The van der Waals surface area contributed by atoms with Crippen molar-refractivity contribution in [1.82, 2.24) is 9.97 Å². The number of nitrogen functional groups attached to an aromatic ring is 1. The van der Waals surface area contributed by atoms with E-state index in [4.69, 9.17) is 10.5 Å². The summed E-state index contributed by atoms with van der Waals surface area (Å²) in [7, 11) is 0. The Kier molecular flexibility index (Phi) is 4.47. The van der Waals surface area contributed by atoms with E-state index >= 15 is 0 Å². The standard InChI is InChI=1S/C18H30N4O2/c1-12-11-20-16(21-15(12)19)22-7-5-18(6-8-22)10-13(23)9-14(24-18)17(2,3)4/h11,13-14,23H,5-10H2,1-4H3,(H2,19,20,21)/t13-,14-/m1/s1. The molecule has 0 radical (unpaired) electrons. The number of aliphatic hydroxyl groups is 1. The van der Waals surface area contributed by atoms with Gasteiger partial charge in [-0.3, -0.25) is 0 Å². The maximum atomic E-state index is 10.4. The van der Waals surface area contributed by atoms with E-state index in [2.05, 4.69) is 35.6 Å². The molecule has 2 fully saturated rings. The molecule has 0 aromatic carbocycles. The first-order valence-electron chi connectivity index (χ1n) is 8.88. The first-order valence-corrected chi connectivity index (χ1v) is 8.88. The van der Waals surface area contributed by atoms with Crippen molar-refractivity contribution >= 4 is 11.8 Å². The van der Waals surface area contributed by atoms with Crippen molar-refractivity contribution in [3.63, 3.8) is 0 Å². The minimum absolute atomic E-state index is 0.0417. The van der Waals surface area contributed by atoms with Crippen LogP contribution in [0.5, 0.6) is 0 Å². The zero-order valence-electron chi connectivity index (χ0n) is 15.2. The third-order valence-electron chi connectivity index (χ3n) is 5.41. The molecule has 0 amide bonds. The van der Waals surface area contributed by atoms with E-state index in [1.54, 1.807) is 6.20 Å². The predicted molar refractivity (Wildman–Crippen MR) is 94.9 cm³/mol. The van der Waals surface area contributed by atoms with Crippen molar-refractivity contribution in [2.75, 3.05) is 23.7 Å². The smallest absolute Gasteiger partial charge is 0.227 e. The molecule has 3 N–H and O–H groups in total. The molecule has 2 aliphatic rings. The predicted octanol–water partition coefficient (Wildman–Crippen LogP) is 2.29. The summed E-state index contributed by atoms with van der Waals surface area (Å²) in [6, 6.07) is 0. The van der Waals surface area contributed by atoms with Crippen LogP contribution in [0, 0.1) is 12.3 Å². The second kappa shape index (κ2) is 6.15. The van der Waals surface area contributed by atoms with E-state index in [0.717, 1.165) is 44.3 Å².